The molecule has 0 fully saturated rings. The quantitative estimate of drug-likeness (QED) is 0.123. The van der Waals surface area contributed by atoms with Crippen molar-refractivity contribution < 1.29 is 19.2 Å². The summed E-state index contributed by atoms with van der Waals surface area (Å²) in [6.45, 7) is 4.44. The SMILES string of the molecule is CCCCCCc1ccc(-c2ccc3c(c2)C(=O)C(=O)N3)cc1.CCCCCCc1ccc(-c2ccc3c(c2)C(=O)C(=O)N3)cc1. The molecule has 4 aromatic carbocycles. The summed E-state index contributed by atoms with van der Waals surface area (Å²) in [5, 5.41) is 5.16. The Bertz CT molecular complexity index is 1590. The third-order valence-corrected chi connectivity index (χ3v) is 8.65. The van der Waals surface area contributed by atoms with Crippen LogP contribution < -0.4 is 10.6 Å². The molecule has 2 aliphatic heterocycles. The average molecular weight is 615 g/mol. The number of carbonyl (C=O) groups excluding carboxylic acids is 4. The number of hydrogen-bond acceptors (Lipinski definition) is 4. The third kappa shape index (κ3) is 7.86. The molecule has 0 atom stereocenters. The van der Waals surface area contributed by atoms with Gasteiger partial charge in [0.2, 0.25) is 0 Å². The molecule has 0 unspecified atom stereocenters. The number of nitrogens with one attached hydrogen (secondary N) is 2. The second kappa shape index (κ2) is 15.4. The lowest BCUT2D eigenvalue weighted by Gasteiger charge is -2.06. The van der Waals surface area contributed by atoms with Crippen molar-refractivity contribution in [2.45, 2.75) is 78.1 Å². The molecule has 0 aliphatic carbocycles. The van der Waals surface area contributed by atoms with E-state index in [1.165, 1.54) is 62.5 Å². The van der Waals surface area contributed by atoms with Gasteiger partial charge in [-0.3, -0.25) is 19.2 Å². The van der Waals surface area contributed by atoms with Gasteiger partial charge in [-0.15, -0.1) is 0 Å². The van der Waals surface area contributed by atoms with Crippen LogP contribution in [0.15, 0.2) is 84.9 Å². The van der Waals surface area contributed by atoms with Gasteiger partial charge < -0.3 is 10.6 Å². The fourth-order valence-electron chi connectivity index (χ4n) is 5.88. The van der Waals surface area contributed by atoms with E-state index in [-0.39, 0.29) is 0 Å². The summed E-state index contributed by atoms with van der Waals surface area (Å²) in [6.07, 6.45) is 12.4. The molecule has 46 heavy (non-hydrogen) atoms. The highest BCUT2D eigenvalue weighted by Gasteiger charge is 2.29. The van der Waals surface area contributed by atoms with Gasteiger partial charge in [0.25, 0.3) is 23.4 Å². The van der Waals surface area contributed by atoms with Crippen LogP contribution in [0.3, 0.4) is 0 Å². The number of rotatable bonds is 12. The highest BCUT2D eigenvalue weighted by atomic mass is 16.2. The molecule has 2 heterocycles. The highest BCUT2D eigenvalue weighted by Crippen LogP contribution is 2.31. The molecule has 0 aromatic heterocycles. The molecule has 0 spiro atoms. The van der Waals surface area contributed by atoms with Crippen LogP contribution in [0, 0.1) is 0 Å². The number of amides is 2. The van der Waals surface area contributed by atoms with Gasteiger partial charge in [0, 0.05) is 0 Å². The standard InChI is InChI=1S/2C20H21NO2/c2*1-2-3-4-5-6-14-7-9-15(10-8-14)16-11-12-18-17(13-16)19(22)20(23)21-18/h2*7-13H,2-6H2,1H3,(H,21,22,23). The first kappa shape index (κ1) is 32.6. The van der Waals surface area contributed by atoms with Gasteiger partial charge in [-0.25, -0.2) is 0 Å². The first-order valence-electron chi connectivity index (χ1n) is 16.6. The maximum atomic E-state index is 11.8. The summed E-state index contributed by atoms with van der Waals surface area (Å²) in [6, 6.07) is 28.0. The van der Waals surface area contributed by atoms with E-state index in [1.54, 1.807) is 24.3 Å². The summed E-state index contributed by atoms with van der Waals surface area (Å²) in [7, 11) is 0. The summed E-state index contributed by atoms with van der Waals surface area (Å²) < 4.78 is 0. The molecule has 6 heteroatoms. The summed E-state index contributed by atoms with van der Waals surface area (Å²) in [4.78, 5) is 46.4. The topological polar surface area (TPSA) is 92.3 Å². The Hall–Kier alpha value is -4.84. The zero-order chi connectivity index (χ0) is 32.5. The molecule has 0 saturated carbocycles. The van der Waals surface area contributed by atoms with Crippen LogP contribution >= 0.6 is 0 Å². The van der Waals surface area contributed by atoms with Gasteiger partial charge in [0.05, 0.1) is 22.5 Å². The van der Waals surface area contributed by atoms with Crippen LogP contribution in [0.25, 0.3) is 22.3 Å². The number of hydrogen-bond donors (Lipinski definition) is 2. The van der Waals surface area contributed by atoms with Crippen molar-refractivity contribution in [1.82, 2.24) is 0 Å². The van der Waals surface area contributed by atoms with Gasteiger partial charge >= 0.3 is 0 Å². The van der Waals surface area contributed by atoms with E-state index in [4.69, 9.17) is 0 Å². The van der Waals surface area contributed by atoms with E-state index in [0.29, 0.717) is 22.5 Å². The van der Waals surface area contributed by atoms with E-state index in [1.807, 2.05) is 12.1 Å². The molecule has 2 amide bonds. The molecule has 2 aliphatic rings. The largest absolute Gasteiger partial charge is 0.318 e. The Balaban J connectivity index is 0.000000181. The zero-order valence-corrected chi connectivity index (χ0v) is 26.8. The Morgan fingerprint density at radius 2 is 0.804 bits per heavy atom. The summed E-state index contributed by atoms with van der Waals surface area (Å²) in [5.74, 6) is -1.98. The van der Waals surface area contributed by atoms with Crippen molar-refractivity contribution in [2.75, 3.05) is 10.6 Å². The Kier molecular flexibility index (Phi) is 10.9. The molecular formula is C40H42N2O4. The molecule has 4 aromatic rings. The molecule has 6 nitrogen and oxygen atoms in total. The molecule has 0 saturated heterocycles. The molecule has 236 valence electrons. The van der Waals surface area contributed by atoms with Crippen molar-refractivity contribution in [1.29, 1.82) is 0 Å². The lowest BCUT2D eigenvalue weighted by molar-refractivity contribution is -0.112. The van der Waals surface area contributed by atoms with Crippen molar-refractivity contribution >= 4 is 34.8 Å². The monoisotopic (exact) mass is 614 g/mol. The number of benzene rings is 4. The predicted molar refractivity (Wildman–Crippen MR) is 185 cm³/mol. The number of ketones is 2. The minimum absolute atomic E-state index is 0.450. The molecule has 0 bridgehead atoms. The fraction of sp³-hybridized carbons (Fsp3) is 0.300. The van der Waals surface area contributed by atoms with Crippen molar-refractivity contribution in [3.63, 3.8) is 0 Å². The number of anilines is 2. The van der Waals surface area contributed by atoms with Crippen molar-refractivity contribution in [2.24, 2.45) is 0 Å². The minimum atomic E-state index is -0.542. The maximum Gasteiger partial charge on any atom is 0.296 e. The van der Waals surface area contributed by atoms with Crippen LogP contribution in [0.5, 0.6) is 0 Å². The van der Waals surface area contributed by atoms with Crippen LogP contribution in [0.1, 0.15) is 97.1 Å². The van der Waals surface area contributed by atoms with Gasteiger partial charge in [0.1, 0.15) is 0 Å². The maximum absolute atomic E-state index is 11.8. The molecular weight excluding hydrogens is 572 g/mol. The second-order valence-corrected chi connectivity index (χ2v) is 12.1. The number of fused-ring (bicyclic) bond motifs is 2. The van der Waals surface area contributed by atoms with E-state index >= 15 is 0 Å². The summed E-state index contributed by atoms with van der Waals surface area (Å²) in [5.41, 5.74) is 8.91. The average Bonchev–Trinajstić information content (AvgIpc) is 3.54. The van der Waals surface area contributed by atoms with Crippen LogP contribution in [-0.4, -0.2) is 23.4 Å². The van der Waals surface area contributed by atoms with Gasteiger partial charge in [0.15, 0.2) is 0 Å². The van der Waals surface area contributed by atoms with Crippen LogP contribution in [0.4, 0.5) is 11.4 Å². The number of aryl methyl sites for hydroxylation is 2. The lowest BCUT2D eigenvalue weighted by Crippen LogP contribution is -2.12. The van der Waals surface area contributed by atoms with Gasteiger partial charge in [-0.2, -0.15) is 0 Å². The lowest BCUT2D eigenvalue weighted by atomic mass is 9.99. The van der Waals surface area contributed by atoms with Crippen molar-refractivity contribution in [3.05, 3.63) is 107 Å². The predicted octanol–water partition coefficient (Wildman–Crippen LogP) is 9.22. The Morgan fingerprint density at radius 3 is 1.17 bits per heavy atom. The second-order valence-electron chi connectivity index (χ2n) is 12.1. The van der Waals surface area contributed by atoms with E-state index < -0.39 is 23.4 Å². The first-order chi connectivity index (χ1) is 22.4. The third-order valence-electron chi connectivity index (χ3n) is 8.65. The Morgan fingerprint density at radius 1 is 0.435 bits per heavy atom. The van der Waals surface area contributed by atoms with E-state index in [9.17, 15) is 19.2 Å². The Labute approximate surface area is 271 Å². The summed E-state index contributed by atoms with van der Waals surface area (Å²) >= 11 is 0. The van der Waals surface area contributed by atoms with Gasteiger partial charge in [-0.05, 0) is 83.3 Å². The highest BCUT2D eigenvalue weighted by molar-refractivity contribution is 6.52. The van der Waals surface area contributed by atoms with E-state index in [2.05, 4.69) is 73.0 Å². The number of unbranched alkanes of at least 4 members (excludes halogenated alkanes) is 6. The van der Waals surface area contributed by atoms with E-state index in [0.717, 1.165) is 35.1 Å². The zero-order valence-electron chi connectivity index (χ0n) is 26.8. The van der Waals surface area contributed by atoms with Crippen molar-refractivity contribution in [3.8, 4) is 22.3 Å². The molecule has 6 rings (SSSR count). The fourth-order valence-corrected chi connectivity index (χ4v) is 5.88. The van der Waals surface area contributed by atoms with Crippen LogP contribution in [-0.2, 0) is 22.4 Å². The number of carbonyl (C=O) groups is 4. The van der Waals surface area contributed by atoms with Gasteiger partial charge in [-0.1, -0.05) is 113 Å². The molecule has 2 N–H and O–H groups in total. The molecule has 0 radical (unpaired) electrons. The minimum Gasteiger partial charge on any atom is -0.318 e. The van der Waals surface area contributed by atoms with Crippen LogP contribution in [0.2, 0.25) is 0 Å². The number of Topliss-reactive ketones (excluding diaryl/α,β-unsaturated/α-hetero) is 2. The normalized spacial score (nSPS) is 13.1. The smallest absolute Gasteiger partial charge is 0.296 e. The first-order valence-corrected chi connectivity index (χ1v) is 16.6.